The molecule has 0 unspecified atom stereocenters. The lowest BCUT2D eigenvalue weighted by atomic mass is 10.6. The number of aliphatic hydroxyl groups is 1. The largest absolute Gasteiger partial charge is 0.526 e. The van der Waals surface area contributed by atoms with Crippen LogP contribution in [0, 0.1) is 0 Å². The van der Waals surface area contributed by atoms with E-state index >= 15 is 0 Å². The van der Waals surface area contributed by atoms with Gasteiger partial charge in [0, 0.05) is 6.92 Å². The van der Waals surface area contributed by atoms with Crippen molar-refractivity contribution in [2.24, 2.45) is 0 Å². The standard InChI is InChI=1S/C4H4F6O3/c1-2(11,12-3(5,6)7)13-4(8,9)10/h11H,1H3. The zero-order valence-electron chi connectivity index (χ0n) is 6.03. The molecule has 0 aliphatic rings. The minimum Gasteiger partial charge on any atom is -0.343 e. The first-order valence-electron chi connectivity index (χ1n) is 2.67. The highest BCUT2D eigenvalue weighted by Gasteiger charge is 2.47. The molecule has 0 aliphatic heterocycles. The van der Waals surface area contributed by atoms with Crippen molar-refractivity contribution in [1.82, 2.24) is 0 Å². The number of hydrogen-bond donors (Lipinski definition) is 1. The van der Waals surface area contributed by atoms with Gasteiger partial charge in [-0.25, -0.2) is 9.47 Å². The summed E-state index contributed by atoms with van der Waals surface area (Å²) in [5.41, 5.74) is 0. The lowest BCUT2D eigenvalue weighted by Gasteiger charge is -2.25. The first kappa shape index (κ1) is 12.5. The summed E-state index contributed by atoms with van der Waals surface area (Å²) in [6, 6.07) is 0. The highest BCUT2D eigenvalue weighted by molar-refractivity contribution is 4.46. The van der Waals surface area contributed by atoms with E-state index in [1.807, 2.05) is 0 Å². The second kappa shape index (κ2) is 3.31. The Morgan fingerprint density at radius 2 is 1.08 bits per heavy atom. The first-order chi connectivity index (χ1) is 5.41. The Balaban J connectivity index is 4.25. The number of alkyl halides is 6. The van der Waals surface area contributed by atoms with Gasteiger partial charge in [0.15, 0.2) is 0 Å². The van der Waals surface area contributed by atoms with Gasteiger partial charge < -0.3 is 5.11 Å². The van der Waals surface area contributed by atoms with Crippen LogP contribution in [0.3, 0.4) is 0 Å². The highest BCUT2D eigenvalue weighted by Crippen LogP contribution is 2.29. The Labute approximate surface area is 67.8 Å². The van der Waals surface area contributed by atoms with Crippen LogP contribution in [-0.2, 0) is 9.47 Å². The van der Waals surface area contributed by atoms with E-state index in [1.54, 1.807) is 0 Å². The van der Waals surface area contributed by atoms with Crippen LogP contribution in [0.1, 0.15) is 6.92 Å². The summed E-state index contributed by atoms with van der Waals surface area (Å²) in [5, 5.41) is 8.30. The molecule has 13 heavy (non-hydrogen) atoms. The van der Waals surface area contributed by atoms with Crippen molar-refractivity contribution in [3.05, 3.63) is 0 Å². The van der Waals surface area contributed by atoms with Crippen molar-refractivity contribution >= 4 is 0 Å². The van der Waals surface area contributed by atoms with Crippen LogP contribution >= 0.6 is 0 Å². The van der Waals surface area contributed by atoms with Crippen molar-refractivity contribution in [2.45, 2.75) is 25.6 Å². The molecule has 1 N–H and O–H groups in total. The molecule has 0 amide bonds. The molecule has 0 aromatic heterocycles. The Morgan fingerprint density at radius 1 is 0.846 bits per heavy atom. The summed E-state index contributed by atoms with van der Waals surface area (Å²) in [6.45, 7) is 0.0635. The van der Waals surface area contributed by atoms with Crippen LogP contribution in [-0.4, -0.2) is 23.8 Å². The predicted octanol–water partition coefficient (Wildman–Crippen LogP) is 1.73. The summed E-state index contributed by atoms with van der Waals surface area (Å²) >= 11 is 0. The Hall–Kier alpha value is -0.540. The van der Waals surface area contributed by atoms with Crippen LogP contribution in [0.5, 0.6) is 0 Å². The molecule has 0 saturated heterocycles. The van der Waals surface area contributed by atoms with Crippen LogP contribution in [0.25, 0.3) is 0 Å². The van der Waals surface area contributed by atoms with Crippen LogP contribution in [0.15, 0.2) is 0 Å². The number of ether oxygens (including phenoxy) is 2. The fraction of sp³-hybridized carbons (Fsp3) is 1.00. The number of halogens is 6. The maximum atomic E-state index is 11.3. The van der Waals surface area contributed by atoms with Gasteiger partial charge >= 0.3 is 12.7 Å². The first-order valence-corrected chi connectivity index (χ1v) is 2.67. The molecule has 0 spiro atoms. The molecule has 80 valence electrons. The van der Waals surface area contributed by atoms with Crippen molar-refractivity contribution in [3.8, 4) is 0 Å². The Bertz CT molecular complexity index is 152. The minimum atomic E-state index is -5.42. The molecule has 0 bridgehead atoms. The van der Waals surface area contributed by atoms with E-state index < -0.39 is 18.7 Å². The minimum absolute atomic E-state index is 0.0635. The average molecular weight is 214 g/mol. The van der Waals surface area contributed by atoms with E-state index in [9.17, 15) is 26.3 Å². The summed E-state index contributed by atoms with van der Waals surface area (Å²) in [6.07, 6.45) is -10.8. The maximum absolute atomic E-state index is 11.3. The van der Waals surface area contributed by atoms with Crippen molar-refractivity contribution in [1.29, 1.82) is 0 Å². The van der Waals surface area contributed by atoms with Gasteiger partial charge in [-0.3, -0.25) is 0 Å². The molecule has 0 fully saturated rings. The van der Waals surface area contributed by atoms with Crippen LogP contribution in [0.4, 0.5) is 26.3 Å². The van der Waals surface area contributed by atoms with E-state index in [4.69, 9.17) is 5.11 Å². The fourth-order valence-electron chi connectivity index (χ4n) is 0.450. The van der Waals surface area contributed by atoms with E-state index in [-0.39, 0.29) is 6.92 Å². The van der Waals surface area contributed by atoms with E-state index in [0.29, 0.717) is 0 Å². The van der Waals surface area contributed by atoms with Gasteiger partial charge in [-0.05, 0) is 0 Å². The van der Waals surface area contributed by atoms with Gasteiger partial charge in [-0.15, -0.1) is 26.3 Å². The van der Waals surface area contributed by atoms with Gasteiger partial charge in [-0.2, -0.15) is 0 Å². The molecule has 0 aliphatic carbocycles. The SMILES string of the molecule is CC(O)(OC(F)(F)F)OC(F)(F)F. The molecule has 0 radical (unpaired) electrons. The second-order valence-electron chi connectivity index (χ2n) is 1.99. The predicted molar refractivity (Wildman–Crippen MR) is 24.9 cm³/mol. The maximum Gasteiger partial charge on any atom is 0.526 e. The van der Waals surface area contributed by atoms with E-state index in [0.717, 1.165) is 0 Å². The summed E-state index contributed by atoms with van der Waals surface area (Å²) in [5.74, 6) is -3.78. The zero-order valence-corrected chi connectivity index (χ0v) is 6.03. The van der Waals surface area contributed by atoms with Crippen LogP contribution < -0.4 is 0 Å². The molecule has 9 heteroatoms. The van der Waals surface area contributed by atoms with Gasteiger partial charge in [0.05, 0.1) is 0 Å². The topological polar surface area (TPSA) is 38.7 Å². The molecule has 0 aromatic carbocycles. The lowest BCUT2D eigenvalue weighted by Crippen LogP contribution is -2.41. The summed E-state index contributed by atoms with van der Waals surface area (Å²) in [4.78, 5) is 0. The Morgan fingerprint density at radius 3 is 1.23 bits per heavy atom. The molecule has 0 saturated carbocycles. The molecule has 0 rings (SSSR count). The highest BCUT2D eigenvalue weighted by atomic mass is 19.4. The fourth-order valence-corrected chi connectivity index (χ4v) is 0.450. The molecule has 0 aromatic rings. The van der Waals surface area contributed by atoms with Gasteiger partial charge in [0.1, 0.15) is 0 Å². The summed E-state index contributed by atoms with van der Waals surface area (Å²) < 4.78 is 73.0. The summed E-state index contributed by atoms with van der Waals surface area (Å²) in [7, 11) is 0. The van der Waals surface area contributed by atoms with E-state index in [2.05, 4.69) is 9.47 Å². The quantitative estimate of drug-likeness (QED) is 0.561. The third kappa shape index (κ3) is 7.81. The average Bonchev–Trinajstić information content (AvgIpc) is 1.43. The normalized spacial score (nSPS) is 14.8. The molecular weight excluding hydrogens is 210 g/mol. The van der Waals surface area contributed by atoms with Gasteiger partial charge in [0.25, 0.3) is 5.97 Å². The van der Waals surface area contributed by atoms with E-state index in [1.165, 1.54) is 0 Å². The third-order valence-electron chi connectivity index (χ3n) is 0.610. The smallest absolute Gasteiger partial charge is 0.343 e. The van der Waals surface area contributed by atoms with Gasteiger partial charge in [0.2, 0.25) is 0 Å². The molecular formula is C4H4F6O3. The van der Waals surface area contributed by atoms with Crippen molar-refractivity contribution < 1.29 is 40.9 Å². The Kier molecular flexibility index (Phi) is 3.17. The zero-order chi connectivity index (χ0) is 10.9. The second-order valence-corrected chi connectivity index (χ2v) is 1.99. The monoisotopic (exact) mass is 214 g/mol. The molecule has 0 atom stereocenters. The van der Waals surface area contributed by atoms with Gasteiger partial charge in [-0.1, -0.05) is 0 Å². The van der Waals surface area contributed by atoms with Crippen molar-refractivity contribution in [2.75, 3.05) is 0 Å². The van der Waals surface area contributed by atoms with Crippen molar-refractivity contribution in [3.63, 3.8) is 0 Å². The third-order valence-corrected chi connectivity index (χ3v) is 0.610. The number of rotatable bonds is 2. The van der Waals surface area contributed by atoms with Crippen LogP contribution in [0.2, 0.25) is 0 Å². The lowest BCUT2D eigenvalue weighted by molar-refractivity contribution is -0.526. The number of hydrogen-bond acceptors (Lipinski definition) is 3. The molecule has 0 heterocycles. The molecule has 3 nitrogen and oxygen atoms in total.